The highest BCUT2D eigenvalue weighted by Crippen LogP contribution is 2.39. The van der Waals surface area contributed by atoms with Gasteiger partial charge in [-0.15, -0.1) is 0 Å². The zero-order chi connectivity index (χ0) is 15.6. The van der Waals surface area contributed by atoms with E-state index in [0.29, 0.717) is 16.0 Å². The highest BCUT2D eigenvalue weighted by Gasteiger charge is 2.42. The number of pyridine rings is 1. The zero-order valence-electron chi connectivity index (χ0n) is 11.5. The summed E-state index contributed by atoms with van der Waals surface area (Å²) >= 11 is 3.23. The van der Waals surface area contributed by atoms with E-state index in [2.05, 4.69) is 26.2 Å². The van der Waals surface area contributed by atoms with E-state index < -0.39 is 12.1 Å². The molecule has 1 saturated carbocycles. The van der Waals surface area contributed by atoms with Gasteiger partial charge in [-0.1, -0.05) is 0 Å². The summed E-state index contributed by atoms with van der Waals surface area (Å²) in [6.45, 7) is 1.76. The first-order valence-electron chi connectivity index (χ1n) is 6.78. The number of carbonyl (C=O) groups excluding carboxylic acids is 1. The second kappa shape index (κ2) is 6.34. The van der Waals surface area contributed by atoms with Gasteiger partial charge in [0, 0.05) is 5.92 Å². The standard InChI is InChI=1S/C14H16BrF3N2O/c1-8-11(6-7-12(15)19-8)20-13(21)9-2-4-10(5-3-9)14(16,17)18/h6-7,9-10H,2-5H2,1H3,(H,20,21). The van der Waals surface area contributed by atoms with Crippen LogP contribution in [0.3, 0.4) is 0 Å². The second-order valence-corrected chi connectivity index (χ2v) is 6.16. The van der Waals surface area contributed by atoms with Crippen LogP contribution in [-0.4, -0.2) is 17.1 Å². The van der Waals surface area contributed by atoms with Crippen LogP contribution in [0.4, 0.5) is 18.9 Å². The fourth-order valence-corrected chi connectivity index (χ4v) is 2.98. The molecule has 1 aromatic rings. The topological polar surface area (TPSA) is 42.0 Å². The Morgan fingerprint density at radius 1 is 1.29 bits per heavy atom. The Hall–Kier alpha value is -1.11. The van der Waals surface area contributed by atoms with E-state index in [0.717, 1.165) is 0 Å². The van der Waals surface area contributed by atoms with E-state index >= 15 is 0 Å². The quantitative estimate of drug-likeness (QED) is 0.787. The van der Waals surface area contributed by atoms with E-state index in [1.165, 1.54) is 0 Å². The van der Waals surface area contributed by atoms with E-state index in [1.54, 1.807) is 19.1 Å². The molecule has 1 aliphatic carbocycles. The predicted octanol–water partition coefficient (Wildman–Crippen LogP) is 4.46. The van der Waals surface area contributed by atoms with Crippen LogP contribution in [-0.2, 0) is 4.79 Å². The summed E-state index contributed by atoms with van der Waals surface area (Å²) < 4.78 is 38.5. The Morgan fingerprint density at radius 3 is 2.43 bits per heavy atom. The zero-order valence-corrected chi connectivity index (χ0v) is 13.1. The lowest BCUT2D eigenvalue weighted by molar-refractivity contribution is -0.184. The van der Waals surface area contributed by atoms with Crippen LogP contribution < -0.4 is 5.32 Å². The van der Waals surface area contributed by atoms with Crippen molar-refractivity contribution in [1.29, 1.82) is 0 Å². The van der Waals surface area contributed by atoms with Crippen molar-refractivity contribution >= 4 is 27.5 Å². The maximum absolute atomic E-state index is 12.6. The summed E-state index contributed by atoms with van der Waals surface area (Å²) in [4.78, 5) is 16.3. The first kappa shape index (κ1) is 16.3. The summed E-state index contributed by atoms with van der Waals surface area (Å²) in [5, 5.41) is 2.76. The summed E-state index contributed by atoms with van der Waals surface area (Å²) in [5.41, 5.74) is 1.27. The minimum absolute atomic E-state index is 0.0269. The molecule has 0 atom stereocenters. The number of nitrogens with one attached hydrogen (secondary N) is 1. The van der Waals surface area contributed by atoms with Crippen molar-refractivity contribution in [2.45, 2.75) is 38.8 Å². The Morgan fingerprint density at radius 2 is 1.90 bits per heavy atom. The summed E-state index contributed by atoms with van der Waals surface area (Å²) in [7, 11) is 0. The van der Waals surface area contributed by atoms with Gasteiger partial charge in [-0.2, -0.15) is 13.2 Å². The Kier molecular flexibility index (Phi) is 4.91. The highest BCUT2D eigenvalue weighted by molar-refractivity contribution is 9.10. The lowest BCUT2D eigenvalue weighted by Crippen LogP contribution is -2.32. The number of carbonyl (C=O) groups is 1. The van der Waals surface area contributed by atoms with Gasteiger partial charge in [-0.25, -0.2) is 4.98 Å². The molecule has 1 aromatic heterocycles. The molecule has 0 radical (unpaired) electrons. The third kappa shape index (κ3) is 4.18. The average molecular weight is 365 g/mol. The van der Waals surface area contributed by atoms with Crippen molar-refractivity contribution in [3.63, 3.8) is 0 Å². The van der Waals surface area contributed by atoms with Crippen LogP contribution >= 0.6 is 15.9 Å². The smallest absolute Gasteiger partial charge is 0.324 e. The lowest BCUT2D eigenvalue weighted by atomic mass is 9.81. The number of hydrogen-bond acceptors (Lipinski definition) is 2. The lowest BCUT2D eigenvalue weighted by Gasteiger charge is -2.29. The van der Waals surface area contributed by atoms with Crippen molar-refractivity contribution in [2.75, 3.05) is 5.32 Å². The molecular formula is C14H16BrF3N2O. The molecule has 116 valence electrons. The Labute approximate surface area is 129 Å². The van der Waals surface area contributed by atoms with Crippen LogP contribution in [0, 0.1) is 18.8 Å². The molecule has 0 saturated heterocycles. The molecule has 21 heavy (non-hydrogen) atoms. The fourth-order valence-electron chi connectivity index (χ4n) is 2.58. The fraction of sp³-hybridized carbons (Fsp3) is 0.571. The minimum atomic E-state index is -4.15. The van der Waals surface area contributed by atoms with Gasteiger partial charge in [-0.3, -0.25) is 4.79 Å². The molecule has 1 N–H and O–H groups in total. The molecule has 2 rings (SSSR count). The summed E-state index contributed by atoms with van der Waals surface area (Å²) in [6, 6.07) is 3.44. The third-order valence-corrected chi connectivity index (χ3v) is 4.31. The van der Waals surface area contributed by atoms with E-state index in [4.69, 9.17) is 0 Å². The molecular weight excluding hydrogens is 349 g/mol. The van der Waals surface area contributed by atoms with Crippen LogP contribution in [0.2, 0.25) is 0 Å². The molecule has 1 amide bonds. The molecule has 1 aliphatic rings. The van der Waals surface area contributed by atoms with Gasteiger partial charge in [0.25, 0.3) is 0 Å². The first-order valence-corrected chi connectivity index (χ1v) is 7.57. The van der Waals surface area contributed by atoms with Crippen LogP contribution in [0.25, 0.3) is 0 Å². The van der Waals surface area contributed by atoms with Gasteiger partial charge in [0.2, 0.25) is 5.91 Å². The highest BCUT2D eigenvalue weighted by atomic mass is 79.9. The summed E-state index contributed by atoms with van der Waals surface area (Å²) in [6.07, 6.45) is -3.54. The number of rotatable bonds is 2. The largest absolute Gasteiger partial charge is 0.391 e. The first-order chi connectivity index (χ1) is 9.77. The van der Waals surface area contributed by atoms with Crippen molar-refractivity contribution in [2.24, 2.45) is 11.8 Å². The van der Waals surface area contributed by atoms with Crippen LogP contribution in [0.1, 0.15) is 31.4 Å². The van der Waals surface area contributed by atoms with Gasteiger partial charge in [0.1, 0.15) is 4.60 Å². The molecule has 1 fully saturated rings. The van der Waals surface area contributed by atoms with Crippen molar-refractivity contribution in [3.05, 3.63) is 22.4 Å². The number of hydrogen-bond donors (Lipinski definition) is 1. The third-order valence-electron chi connectivity index (χ3n) is 3.87. The average Bonchev–Trinajstić information content (AvgIpc) is 2.41. The number of nitrogens with zero attached hydrogens (tertiary/aromatic N) is 1. The van der Waals surface area contributed by atoms with E-state index in [-0.39, 0.29) is 37.5 Å². The van der Waals surface area contributed by atoms with Crippen molar-refractivity contribution in [1.82, 2.24) is 4.98 Å². The number of alkyl halides is 3. The Bertz CT molecular complexity index is 525. The molecule has 0 bridgehead atoms. The van der Waals surface area contributed by atoms with E-state index in [1.807, 2.05) is 0 Å². The van der Waals surface area contributed by atoms with Gasteiger partial charge in [0.15, 0.2) is 0 Å². The summed E-state index contributed by atoms with van der Waals surface area (Å²) in [5.74, 6) is -1.84. The molecule has 0 spiro atoms. The number of amides is 1. The number of anilines is 1. The molecule has 7 heteroatoms. The number of halogens is 4. The molecule has 0 unspecified atom stereocenters. The molecule has 0 aromatic carbocycles. The molecule has 0 aliphatic heterocycles. The Balaban J connectivity index is 1.93. The van der Waals surface area contributed by atoms with Crippen molar-refractivity contribution < 1.29 is 18.0 Å². The molecule has 1 heterocycles. The monoisotopic (exact) mass is 364 g/mol. The van der Waals surface area contributed by atoms with Crippen LogP contribution in [0.15, 0.2) is 16.7 Å². The van der Waals surface area contributed by atoms with Gasteiger partial charge in [-0.05, 0) is 60.7 Å². The SMILES string of the molecule is Cc1nc(Br)ccc1NC(=O)C1CCC(C(F)(F)F)CC1. The van der Waals surface area contributed by atoms with E-state index in [9.17, 15) is 18.0 Å². The maximum atomic E-state index is 12.6. The number of aryl methyl sites for hydroxylation is 1. The van der Waals surface area contributed by atoms with Gasteiger partial charge < -0.3 is 5.32 Å². The second-order valence-electron chi connectivity index (χ2n) is 5.35. The minimum Gasteiger partial charge on any atom is -0.324 e. The van der Waals surface area contributed by atoms with Crippen molar-refractivity contribution in [3.8, 4) is 0 Å². The van der Waals surface area contributed by atoms with Crippen LogP contribution in [0.5, 0.6) is 0 Å². The maximum Gasteiger partial charge on any atom is 0.391 e. The van der Waals surface area contributed by atoms with Gasteiger partial charge in [0.05, 0.1) is 17.3 Å². The molecule has 3 nitrogen and oxygen atoms in total. The normalized spacial score (nSPS) is 22.9. The predicted molar refractivity (Wildman–Crippen MR) is 76.8 cm³/mol. The van der Waals surface area contributed by atoms with Gasteiger partial charge >= 0.3 is 6.18 Å². The number of aromatic nitrogens is 1.